The van der Waals surface area contributed by atoms with Crippen molar-refractivity contribution in [2.75, 3.05) is 4.90 Å². The summed E-state index contributed by atoms with van der Waals surface area (Å²) in [6.07, 6.45) is 5.51. The Kier molecular flexibility index (Phi) is 5.70. The van der Waals surface area contributed by atoms with Crippen LogP contribution in [0, 0.1) is 12.7 Å². The molecule has 0 saturated heterocycles. The van der Waals surface area contributed by atoms with Crippen molar-refractivity contribution in [3.63, 3.8) is 0 Å². The number of carbonyl (C=O) groups is 3. The van der Waals surface area contributed by atoms with E-state index in [1.165, 1.54) is 54.1 Å². The quantitative estimate of drug-likeness (QED) is 0.620. The second-order valence-electron chi connectivity index (χ2n) is 7.64. The predicted octanol–water partition coefficient (Wildman–Crippen LogP) is 3.18. The standard InChI is InChI=1S/C24H19FN4O4/c1-13-6-21(19(7-17(13)23(26)31)15-9-27-12-28-10-15)29-11-20(24(32)33)18(8-22(29)30)14-2-4-16(25)5-3-14/h2-7,9-12,18H,8H2,1H3,(H2,26,31)(H,32,33)/t18-/m0/s1. The van der Waals surface area contributed by atoms with Crippen LogP contribution in [-0.2, 0) is 9.59 Å². The minimum absolute atomic E-state index is 0.0203. The molecule has 0 aliphatic carbocycles. The summed E-state index contributed by atoms with van der Waals surface area (Å²) in [6.45, 7) is 1.67. The van der Waals surface area contributed by atoms with Crippen LogP contribution in [0.5, 0.6) is 0 Å². The molecule has 0 spiro atoms. The second kappa shape index (κ2) is 8.62. The molecule has 8 nitrogen and oxygen atoms in total. The van der Waals surface area contributed by atoms with Crippen LogP contribution in [0.3, 0.4) is 0 Å². The molecule has 9 heteroatoms. The van der Waals surface area contributed by atoms with E-state index in [1.54, 1.807) is 19.1 Å². The number of amides is 2. The molecular weight excluding hydrogens is 427 g/mol. The number of halogens is 1. The number of nitrogens with two attached hydrogens (primary N) is 1. The fraction of sp³-hybridized carbons (Fsp3) is 0.125. The number of nitrogens with zero attached hydrogens (tertiary/aromatic N) is 3. The number of aromatic nitrogens is 2. The molecule has 0 bridgehead atoms. The van der Waals surface area contributed by atoms with Gasteiger partial charge in [-0.3, -0.25) is 14.5 Å². The van der Waals surface area contributed by atoms with Crippen LogP contribution in [0.2, 0.25) is 0 Å². The van der Waals surface area contributed by atoms with E-state index in [0.717, 1.165) is 0 Å². The fourth-order valence-electron chi connectivity index (χ4n) is 3.91. The third-order valence-electron chi connectivity index (χ3n) is 5.55. The lowest BCUT2D eigenvalue weighted by molar-refractivity contribution is -0.133. The SMILES string of the molecule is Cc1cc(N2C=C(C(=O)O)[C@H](c3ccc(F)cc3)CC2=O)c(-c2cncnc2)cc1C(N)=O. The van der Waals surface area contributed by atoms with Crippen LogP contribution in [0.15, 0.2) is 66.9 Å². The molecule has 0 saturated carbocycles. The van der Waals surface area contributed by atoms with Crippen LogP contribution in [0.1, 0.15) is 33.8 Å². The number of aryl methyl sites for hydroxylation is 1. The van der Waals surface area contributed by atoms with Crippen molar-refractivity contribution < 1.29 is 23.9 Å². The van der Waals surface area contributed by atoms with Gasteiger partial charge in [0.1, 0.15) is 12.1 Å². The van der Waals surface area contributed by atoms with E-state index >= 15 is 0 Å². The molecule has 2 aromatic carbocycles. The Morgan fingerprint density at radius 1 is 1.15 bits per heavy atom. The van der Waals surface area contributed by atoms with E-state index in [9.17, 15) is 23.9 Å². The Morgan fingerprint density at radius 2 is 1.82 bits per heavy atom. The predicted molar refractivity (Wildman–Crippen MR) is 118 cm³/mol. The van der Waals surface area contributed by atoms with Gasteiger partial charge in [0, 0.05) is 47.6 Å². The summed E-state index contributed by atoms with van der Waals surface area (Å²) in [5.74, 6) is -3.39. The number of hydrogen-bond acceptors (Lipinski definition) is 5. The molecule has 166 valence electrons. The highest BCUT2D eigenvalue weighted by Gasteiger charge is 2.34. The van der Waals surface area contributed by atoms with Gasteiger partial charge in [0.25, 0.3) is 0 Å². The summed E-state index contributed by atoms with van der Waals surface area (Å²) in [6, 6.07) is 8.54. The van der Waals surface area contributed by atoms with Crippen molar-refractivity contribution in [1.82, 2.24) is 9.97 Å². The molecule has 3 aromatic rings. The summed E-state index contributed by atoms with van der Waals surface area (Å²) in [5.41, 5.74) is 8.13. The Balaban J connectivity index is 1.88. The zero-order valence-electron chi connectivity index (χ0n) is 17.5. The van der Waals surface area contributed by atoms with Gasteiger partial charge in [-0.1, -0.05) is 12.1 Å². The highest BCUT2D eigenvalue weighted by molar-refractivity contribution is 6.06. The molecule has 1 aliphatic rings. The van der Waals surface area contributed by atoms with E-state index in [4.69, 9.17) is 5.73 Å². The summed E-state index contributed by atoms with van der Waals surface area (Å²) in [5, 5.41) is 9.87. The molecule has 1 aliphatic heterocycles. The van der Waals surface area contributed by atoms with Gasteiger partial charge in [0.05, 0.1) is 11.3 Å². The highest BCUT2D eigenvalue weighted by Crippen LogP contribution is 2.39. The number of primary amides is 1. The summed E-state index contributed by atoms with van der Waals surface area (Å²) in [4.78, 5) is 46.5. The number of anilines is 1. The average Bonchev–Trinajstić information content (AvgIpc) is 2.79. The number of aliphatic carboxylic acids is 1. The topological polar surface area (TPSA) is 126 Å². The van der Waals surface area contributed by atoms with E-state index in [0.29, 0.717) is 27.9 Å². The largest absolute Gasteiger partial charge is 0.478 e. The van der Waals surface area contributed by atoms with Crippen LogP contribution in [-0.4, -0.2) is 32.9 Å². The smallest absolute Gasteiger partial charge is 0.333 e. The van der Waals surface area contributed by atoms with Gasteiger partial charge < -0.3 is 10.8 Å². The lowest BCUT2D eigenvalue weighted by Crippen LogP contribution is -2.34. The van der Waals surface area contributed by atoms with E-state index in [1.807, 2.05) is 0 Å². The second-order valence-corrected chi connectivity index (χ2v) is 7.64. The molecule has 1 atom stereocenters. The molecule has 1 aromatic heterocycles. The zero-order chi connectivity index (χ0) is 23.7. The van der Waals surface area contributed by atoms with Gasteiger partial charge in [-0.2, -0.15) is 0 Å². The first-order valence-corrected chi connectivity index (χ1v) is 9.98. The van der Waals surface area contributed by atoms with Crippen molar-refractivity contribution in [2.24, 2.45) is 5.73 Å². The Labute approximate surface area is 188 Å². The first-order chi connectivity index (χ1) is 15.8. The molecule has 33 heavy (non-hydrogen) atoms. The number of carbonyl (C=O) groups excluding carboxylic acids is 2. The maximum atomic E-state index is 13.4. The van der Waals surface area contributed by atoms with Gasteiger partial charge in [-0.25, -0.2) is 19.2 Å². The Hall–Kier alpha value is -4.40. The maximum absolute atomic E-state index is 13.4. The van der Waals surface area contributed by atoms with Crippen LogP contribution >= 0.6 is 0 Å². The van der Waals surface area contributed by atoms with Crippen molar-refractivity contribution in [2.45, 2.75) is 19.3 Å². The highest BCUT2D eigenvalue weighted by atomic mass is 19.1. The molecule has 3 N–H and O–H groups in total. The normalized spacial score (nSPS) is 15.8. The zero-order valence-corrected chi connectivity index (χ0v) is 17.5. The third kappa shape index (κ3) is 4.20. The first kappa shape index (κ1) is 21.8. The van der Waals surface area contributed by atoms with Crippen molar-refractivity contribution in [1.29, 1.82) is 0 Å². The van der Waals surface area contributed by atoms with Gasteiger partial charge in [0.15, 0.2) is 0 Å². The van der Waals surface area contributed by atoms with Crippen molar-refractivity contribution in [3.05, 3.63) is 89.4 Å². The molecule has 2 heterocycles. The number of benzene rings is 2. The van der Waals surface area contributed by atoms with E-state index in [2.05, 4.69) is 9.97 Å². The van der Waals surface area contributed by atoms with E-state index < -0.39 is 23.6 Å². The van der Waals surface area contributed by atoms with Crippen LogP contribution in [0.4, 0.5) is 10.1 Å². The number of hydrogen-bond donors (Lipinski definition) is 2. The van der Waals surface area contributed by atoms with Crippen molar-refractivity contribution in [3.8, 4) is 11.1 Å². The minimum atomic E-state index is -1.20. The maximum Gasteiger partial charge on any atom is 0.333 e. The minimum Gasteiger partial charge on any atom is -0.478 e. The van der Waals surface area contributed by atoms with Gasteiger partial charge in [-0.15, -0.1) is 0 Å². The van der Waals surface area contributed by atoms with Crippen LogP contribution < -0.4 is 10.6 Å². The van der Waals surface area contributed by atoms with E-state index in [-0.39, 0.29) is 23.5 Å². The van der Waals surface area contributed by atoms with Gasteiger partial charge in [-0.05, 0) is 42.3 Å². The molecule has 0 unspecified atom stereocenters. The summed E-state index contributed by atoms with van der Waals surface area (Å²) < 4.78 is 13.4. The summed E-state index contributed by atoms with van der Waals surface area (Å²) >= 11 is 0. The number of rotatable bonds is 5. The monoisotopic (exact) mass is 446 g/mol. The number of carboxylic acids is 1. The Morgan fingerprint density at radius 3 is 2.42 bits per heavy atom. The van der Waals surface area contributed by atoms with Gasteiger partial charge >= 0.3 is 5.97 Å². The average molecular weight is 446 g/mol. The van der Waals surface area contributed by atoms with Gasteiger partial charge in [0.2, 0.25) is 11.8 Å². The lowest BCUT2D eigenvalue weighted by Gasteiger charge is -2.31. The Bertz CT molecular complexity index is 1290. The molecule has 2 amide bonds. The molecule has 0 fully saturated rings. The molecular formula is C24H19FN4O4. The summed E-state index contributed by atoms with van der Waals surface area (Å²) in [7, 11) is 0. The van der Waals surface area contributed by atoms with Crippen molar-refractivity contribution >= 4 is 23.5 Å². The molecule has 4 rings (SSSR count). The van der Waals surface area contributed by atoms with Crippen LogP contribution in [0.25, 0.3) is 11.1 Å². The first-order valence-electron chi connectivity index (χ1n) is 9.98. The lowest BCUT2D eigenvalue weighted by atomic mass is 9.85. The molecule has 0 radical (unpaired) electrons. The number of carboxylic acid groups (broad SMARTS) is 1. The third-order valence-corrected chi connectivity index (χ3v) is 5.55. The fourth-order valence-corrected chi connectivity index (χ4v) is 3.91.